The van der Waals surface area contributed by atoms with Crippen LogP contribution in [0, 0.1) is 5.82 Å². The number of ether oxygens (including phenoxy) is 1. The summed E-state index contributed by atoms with van der Waals surface area (Å²) in [6.45, 7) is 0.225. The van der Waals surface area contributed by atoms with Gasteiger partial charge in [-0.25, -0.2) is 4.39 Å². The van der Waals surface area contributed by atoms with E-state index in [0.29, 0.717) is 11.3 Å². The molecule has 0 aliphatic heterocycles. The van der Waals surface area contributed by atoms with E-state index in [-0.39, 0.29) is 12.4 Å². The van der Waals surface area contributed by atoms with Gasteiger partial charge in [-0.05, 0) is 6.07 Å². The van der Waals surface area contributed by atoms with Crippen LogP contribution in [0.1, 0.15) is 11.6 Å². The molecule has 0 fully saturated rings. The third kappa shape index (κ3) is 2.17. The first-order chi connectivity index (χ1) is 6.19. The number of nitrogens with two attached hydrogens (primary N) is 2. The summed E-state index contributed by atoms with van der Waals surface area (Å²) < 4.78 is 18.1. The second kappa shape index (κ2) is 4.20. The van der Waals surface area contributed by atoms with E-state index in [0.717, 1.165) is 0 Å². The molecule has 0 aliphatic rings. The Morgan fingerprint density at radius 2 is 2.23 bits per heavy atom. The highest BCUT2D eigenvalue weighted by Gasteiger charge is 2.09. The summed E-state index contributed by atoms with van der Waals surface area (Å²) in [7, 11) is 1.48. The first-order valence-corrected chi connectivity index (χ1v) is 3.98. The minimum atomic E-state index is -0.453. The van der Waals surface area contributed by atoms with E-state index in [1.807, 2.05) is 0 Å². The van der Waals surface area contributed by atoms with Crippen LogP contribution >= 0.6 is 0 Å². The molecule has 1 rings (SSSR count). The lowest BCUT2D eigenvalue weighted by Crippen LogP contribution is -2.21. The molecule has 0 amide bonds. The number of halogens is 1. The number of methoxy groups -OCH3 is 1. The fourth-order valence-corrected chi connectivity index (χ4v) is 1.06. The summed E-state index contributed by atoms with van der Waals surface area (Å²) in [6.07, 6.45) is 0. The highest BCUT2D eigenvalue weighted by molar-refractivity contribution is 5.30. The van der Waals surface area contributed by atoms with Crippen molar-refractivity contribution in [2.75, 3.05) is 13.7 Å². The SMILES string of the molecule is COc1ccc([C@@H](N)CN)c(F)c1. The van der Waals surface area contributed by atoms with E-state index >= 15 is 0 Å². The zero-order valence-electron chi connectivity index (χ0n) is 7.46. The summed E-state index contributed by atoms with van der Waals surface area (Å²) >= 11 is 0. The Hall–Kier alpha value is -1.13. The average molecular weight is 184 g/mol. The number of hydrogen-bond donors (Lipinski definition) is 2. The zero-order chi connectivity index (χ0) is 9.84. The van der Waals surface area contributed by atoms with Crippen molar-refractivity contribution in [2.24, 2.45) is 11.5 Å². The quantitative estimate of drug-likeness (QED) is 0.730. The van der Waals surface area contributed by atoms with Gasteiger partial charge in [0.05, 0.1) is 7.11 Å². The van der Waals surface area contributed by atoms with Crippen LogP contribution in [0.4, 0.5) is 4.39 Å². The van der Waals surface area contributed by atoms with E-state index < -0.39 is 6.04 Å². The van der Waals surface area contributed by atoms with Crippen LogP contribution in [-0.4, -0.2) is 13.7 Å². The van der Waals surface area contributed by atoms with Gasteiger partial charge in [-0.2, -0.15) is 0 Å². The lowest BCUT2D eigenvalue weighted by molar-refractivity contribution is 0.410. The Morgan fingerprint density at radius 1 is 1.54 bits per heavy atom. The van der Waals surface area contributed by atoms with Gasteiger partial charge in [0.1, 0.15) is 11.6 Å². The van der Waals surface area contributed by atoms with E-state index in [4.69, 9.17) is 16.2 Å². The van der Waals surface area contributed by atoms with Gasteiger partial charge in [0.2, 0.25) is 0 Å². The molecule has 1 atom stereocenters. The van der Waals surface area contributed by atoms with Crippen LogP contribution in [-0.2, 0) is 0 Å². The van der Waals surface area contributed by atoms with Crippen LogP contribution < -0.4 is 16.2 Å². The topological polar surface area (TPSA) is 61.3 Å². The molecule has 0 bridgehead atoms. The zero-order valence-corrected chi connectivity index (χ0v) is 7.46. The van der Waals surface area contributed by atoms with Crippen LogP contribution in [0.5, 0.6) is 5.75 Å². The van der Waals surface area contributed by atoms with Crippen LogP contribution in [0.15, 0.2) is 18.2 Å². The molecule has 4 N–H and O–H groups in total. The fraction of sp³-hybridized carbons (Fsp3) is 0.333. The Labute approximate surface area is 76.5 Å². The summed E-state index contributed by atoms with van der Waals surface area (Å²) in [5, 5.41) is 0. The summed E-state index contributed by atoms with van der Waals surface area (Å²) in [4.78, 5) is 0. The maximum Gasteiger partial charge on any atom is 0.131 e. The number of hydrogen-bond acceptors (Lipinski definition) is 3. The highest BCUT2D eigenvalue weighted by Crippen LogP contribution is 2.19. The molecule has 0 saturated heterocycles. The van der Waals surface area contributed by atoms with Gasteiger partial charge in [-0.15, -0.1) is 0 Å². The largest absolute Gasteiger partial charge is 0.497 e. The third-order valence-corrected chi connectivity index (χ3v) is 1.86. The van der Waals surface area contributed by atoms with Crippen LogP contribution in [0.2, 0.25) is 0 Å². The first-order valence-electron chi connectivity index (χ1n) is 3.98. The van der Waals surface area contributed by atoms with E-state index in [9.17, 15) is 4.39 Å². The minimum absolute atomic E-state index is 0.225. The molecular weight excluding hydrogens is 171 g/mol. The lowest BCUT2D eigenvalue weighted by Gasteiger charge is -2.10. The minimum Gasteiger partial charge on any atom is -0.497 e. The summed E-state index contributed by atoms with van der Waals surface area (Å²) in [5.41, 5.74) is 11.3. The van der Waals surface area contributed by atoms with Crippen molar-refractivity contribution in [1.82, 2.24) is 0 Å². The first kappa shape index (κ1) is 9.95. The van der Waals surface area contributed by atoms with E-state index in [2.05, 4.69) is 0 Å². The molecule has 0 heterocycles. The molecule has 0 spiro atoms. The Kier molecular flexibility index (Phi) is 3.22. The van der Waals surface area contributed by atoms with Crippen molar-refractivity contribution in [3.63, 3.8) is 0 Å². The standard InChI is InChI=1S/C9H13FN2O/c1-13-6-2-3-7(8(10)4-6)9(12)5-11/h2-4,9H,5,11-12H2,1H3/t9-/m0/s1. The van der Waals surface area contributed by atoms with Crippen LogP contribution in [0.25, 0.3) is 0 Å². The molecule has 0 aliphatic carbocycles. The molecule has 0 saturated carbocycles. The highest BCUT2D eigenvalue weighted by atomic mass is 19.1. The van der Waals surface area contributed by atoms with Crippen molar-refractivity contribution in [1.29, 1.82) is 0 Å². The predicted molar refractivity (Wildman–Crippen MR) is 48.9 cm³/mol. The molecule has 3 nitrogen and oxygen atoms in total. The summed E-state index contributed by atoms with van der Waals surface area (Å²) in [5.74, 6) is 0.0998. The monoisotopic (exact) mass is 184 g/mol. The van der Waals surface area contributed by atoms with Gasteiger partial charge in [-0.1, -0.05) is 6.07 Å². The Balaban J connectivity index is 2.98. The fourth-order valence-electron chi connectivity index (χ4n) is 1.06. The number of rotatable bonds is 3. The van der Waals surface area contributed by atoms with E-state index in [1.165, 1.54) is 13.2 Å². The van der Waals surface area contributed by atoms with Crippen molar-refractivity contribution in [3.8, 4) is 5.75 Å². The van der Waals surface area contributed by atoms with Crippen LogP contribution in [0.3, 0.4) is 0 Å². The molecule has 4 heteroatoms. The van der Waals surface area contributed by atoms with Gasteiger partial charge in [0.15, 0.2) is 0 Å². The maximum absolute atomic E-state index is 13.3. The van der Waals surface area contributed by atoms with Crippen molar-refractivity contribution < 1.29 is 9.13 Å². The molecule has 1 aromatic carbocycles. The smallest absolute Gasteiger partial charge is 0.131 e. The molecule has 13 heavy (non-hydrogen) atoms. The molecule has 72 valence electrons. The third-order valence-electron chi connectivity index (χ3n) is 1.86. The van der Waals surface area contributed by atoms with Gasteiger partial charge in [0.25, 0.3) is 0 Å². The number of benzene rings is 1. The van der Waals surface area contributed by atoms with Gasteiger partial charge in [-0.3, -0.25) is 0 Å². The molecule has 0 radical (unpaired) electrons. The summed E-state index contributed by atoms with van der Waals surface area (Å²) in [6, 6.07) is 4.09. The normalized spacial score (nSPS) is 12.6. The van der Waals surface area contributed by atoms with Crippen molar-refractivity contribution in [3.05, 3.63) is 29.6 Å². The average Bonchev–Trinajstić information content (AvgIpc) is 2.16. The Morgan fingerprint density at radius 3 is 2.69 bits per heavy atom. The Bertz CT molecular complexity index is 291. The molecule has 1 aromatic rings. The lowest BCUT2D eigenvalue weighted by atomic mass is 10.1. The van der Waals surface area contributed by atoms with Gasteiger partial charge < -0.3 is 16.2 Å². The molecule has 0 unspecified atom stereocenters. The second-order valence-electron chi connectivity index (χ2n) is 2.73. The van der Waals surface area contributed by atoms with Crippen molar-refractivity contribution >= 4 is 0 Å². The molecule has 0 aromatic heterocycles. The predicted octanol–water partition coefficient (Wildman–Crippen LogP) is 0.793. The van der Waals surface area contributed by atoms with Gasteiger partial charge >= 0.3 is 0 Å². The molecular formula is C9H13FN2O. The van der Waals surface area contributed by atoms with Crippen molar-refractivity contribution in [2.45, 2.75) is 6.04 Å². The maximum atomic E-state index is 13.3. The second-order valence-corrected chi connectivity index (χ2v) is 2.73. The van der Waals surface area contributed by atoms with E-state index in [1.54, 1.807) is 12.1 Å². The van der Waals surface area contributed by atoms with Gasteiger partial charge in [0, 0.05) is 24.2 Å².